The maximum atomic E-state index is 14.3. The van der Waals surface area contributed by atoms with Crippen molar-refractivity contribution in [1.29, 1.82) is 0 Å². The fourth-order valence-corrected chi connectivity index (χ4v) is 5.51. The van der Waals surface area contributed by atoms with Crippen molar-refractivity contribution in [2.45, 2.75) is 38.5 Å². The summed E-state index contributed by atoms with van der Waals surface area (Å²) in [7, 11) is 3.94. The molecule has 0 unspecified atom stereocenters. The van der Waals surface area contributed by atoms with Crippen LogP contribution in [0.3, 0.4) is 0 Å². The standard InChI is InChI=1S/C29H26FN3O4/c1-4-29(36)13-25(34)37-15-21-22(29)12-24-27-20(14-33(24)28(21)35)26(16-5-8-18(9-6-16)32(2)3)19-10-7-17(30)11-23(19)31-27/h5-12,36H,4,13-15H2,1-3H3/t29-/m1/s1. The monoisotopic (exact) mass is 499 g/mol. The zero-order valence-electron chi connectivity index (χ0n) is 20.8. The lowest BCUT2D eigenvalue weighted by Crippen LogP contribution is -2.32. The molecule has 0 radical (unpaired) electrons. The van der Waals surface area contributed by atoms with Gasteiger partial charge in [-0.15, -0.1) is 0 Å². The molecular weight excluding hydrogens is 473 g/mol. The van der Waals surface area contributed by atoms with E-state index in [1.165, 1.54) is 12.1 Å². The molecule has 8 heteroatoms. The average molecular weight is 500 g/mol. The van der Waals surface area contributed by atoms with Gasteiger partial charge in [-0.1, -0.05) is 19.1 Å². The number of ether oxygens (including phenoxy) is 1. The normalized spacial score (nSPS) is 18.1. The van der Waals surface area contributed by atoms with E-state index in [9.17, 15) is 19.1 Å². The molecule has 7 nitrogen and oxygen atoms in total. The topological polar surface area (TPSA) is 84.7 Å². The first-order valence-corrected chi connectivity index (χ1v) is 12.3. The molecule has 2 aromatic carbocycles. The van der Waals surface area contributed by atoms with Crippen molar-refractivity contribution in [3.8, 4) is 22.5 Å². The first kappa shape index (κ1) is 23.4. The van der Waals surface area contributed by atoms with E-state index in [1.807, 2.05) is 43.3 Å². The summed E-state index contributed by atoms with van der Waals surface area (Å²) in [5.74, 6) is -0.948. The summed E-state index contributed by atoms with van der Waals surface area (Å²) in [5, 5.41) is 12.2. The molecule has 0 saturated heterocycles. The molecule has 0 amide bonds. The van der Waals surface area contributed by atoms with Crippen LogP contribution in [-0.4, -0.2) is 34.7 Å². The Bertz CT molecular complexity index is 1660. The van der Waals surface area contributed by atoms with Gasteiger partial charge in [-0.05, 0) is 53.4 Å². The lowest BCUT2D eigenvalue weighted by Gasteiger charge is -2.26. The van der Waals surface area contributed by atoms with Crippen molar-refractivity contribution in [1.82, 2.24) is 9.55 Å². The Balaban J connectivity index is 1.64. The minimum Gasteiger partial charge on any atom is -0.460 e. The summed E-state index contributed by atoms with van der Waals surface area (Å²) in [4.78, 5) is 32.7. The van der Waals surface area contributed by atoms with E-state index in [4.69, 9.17) is 9.72 Å². The highest BCUT2D eigenvalue weighted by Gasteiger charge is 2.39. The maximum Gasteiger partial charge on any atom is 0.309 e. The summed E-state index contributed by atoms with van der Waals surface area (Å²) in [6.07, 6.45) is 0.0107. The van der Waals surface area contributed by atoms with E-state index >= 15 is 0 Å². The number of aliphatic hydroxyl groups is 1. The number of carbonyl (C=O) groups excluding carboxylic acids is 1. The molecule has 4 aromatic rings. The zero-order chi connectivity index (χ0) is 26.1. The number of aromatic nitrogens is 2. The Kier molecular flexibility index (Phi) is 5.21. The number of carbonyl (C=O) groups is 1. The fourth-order valence-electron chi connectivity index (χ4n) is 5.51. The number of nitrogens with zero attached hydrogens (tertiary/aromatic N) is 3. The maximum absolute atomic E-state index is 14.3. The fraction of sp³-hybridized carbons (Fsp3) is 0.276. The molecule has 1 N–H and O–H groups in total. The number of pyridine rings is 2. The van der Waals surface area contributed by atoms with E-state index < -0.39 is 17.4 Å². The SMILES string of the molecule is CC[C@@]1(O)CC(=O)OCc2c1cc1n(c2=O)Cc2c-1nc1cc(F)ccc1c2-c1ccc(N(C)C)cc1. The minimum atomic E-state index is -1.52. The van der Waals surface area contributed by atoms with Gasteiger partial charge in [0.05, 0.1) is 35.4 Å². The van der Waals surface area contributed by atoms with E-state index in [-0.39, 0.29) is 37.1 Å². The summed E-state index contributed by atoms with van der Waals surface area (Å²) in [5.41, 5.74) is 4.13. The smallest absolute Gasteiger partial charge is 0.309 e. The molecule has 37 heavy (non-hydrogen) atoms. The first-order chi connectivity index (χ1) is 17.7. The van der Waals surface area contributed by atoms with Crippen LogP contribution in [0.1, 0.15) is 36.5 Å². The summed E-state index contributed by atoms with van der Waals surface area (Å²) >= 11 is 0. The molecule has 6 rings (SSSR count). The van der Waals surface area contributed by atoms with E-state index in [2.05, 4.69) is 0 Å². The second-order valence-electron chi connectivity index (χ2n) is 9.95. The largest absolute Gasteiger partial charge is 0.460 e. The van der Waals surface area contributed by atoms with E-state index in [0.717, 1.165) is 27.8 Å². The third kappa shape index (κ3) is 3.54. The van der Waals surface area contributed by atoms with Gasteiger partial charge in [-0.25, -0.2) is 9.37 Å². The lowest BCUT2D eigenvalue weighted by molar-refractivity contribution is -0.149. The number of esters is 1. The highest BCUT2D eigenvalue weighted by Crippen LogP contribution is 2.43. The number of rotatable bonds is 3. The van der Waals surface area contributed by atoms with Gasteiger partial charge >= 0.3 is 5.97 Å². The van der Waals surface area contributed by atoms with Gasteiger partial charge in [-0.3, -0.25) is 9.59 Å². The number of halogens is 1. The second kappa shape index (κ2) is 8.24. The van der Waals surface area contributed by atoms with Crippen LogP contribution in [0, 0.1) is 5.82 Å². The third-order valence-corrected chi connectivity index (χ3v) is 7.58. The third-order valence-electron chi connectivity index (χ3n) is 7.58. The Hall–Kier alpha value is -4.04. The Morgan fingerprint density at radius 2 is 1.86 bits per heavy atom. The van der Waals surface area contributed by atoms with E-state index in [0.29, 0.717) is 22.5 Å². The molecule has 1 atom stereocenters. The van der Waals surface area contributed by atoms with Crippen LogP contribution in [0.25, 0.3) is 33.4 Å². The summed E-state index contributed by atoms with van der Waals surface area (Å²) in [6.45, 7) is 1.84. The van der Waals surface area contributed by atoms with Crippen LogP contribution in [0.5, 0.6) is 0 Å². The van der Waals surface area contributed by atoms with Crippen molar-refractivity contribution in [3.05, 3.63) is 81.4 Å². The molecule has 4 heterocycles. The molecular formula is C29H26FN3O4. The molecule has 0 spiro atoms. The van der Waals surface area contributed by atoms with Crippen molar-refractivity contribution >= 4 is 22.6 Å². The number of hydrogen-bond donors (Lipinski definition) is 1. The van der Waals surface area contributed by atoms with Gasteiger partial charge in [0, 0.05) is 36.8 Å². The van der Waals surface area contributed by atoms with Gasteiger partial charge in [0.15, 0.2) is 0 Å². The number of hydrogen-bond acceptors (Lipinski definition) is 6. The summed E-state index contributed by atoms with van der Waals surface area (Å²) < 4.78 is 21.2. The Morgan fingerprint density at radius 1 is 1.11 bits per heavy atom. The second-order valence-corrected chi connectivity index (χ2v) is 9.95. The van der Waals surface area contributed by atoms with Crippen LogP contribution < -0.4 is 10.5 Å². The molecule has 0 bridgehead atoms. The molecule has 0 aliphatic carbocycles. The quantitative estimate of drug-likeness (QED) is 0.372. The summed E-state index contributed by atoms with van der Waals surface area (Å²) in [6, 6.07) is 14.4. The van der Waals surface area contributed by atoms with Gasteiger partial charge in [0.1, 0.15) is 18.0 Å². The van der Waals surface area contributed by atoms with Crippen molar-refractivity contribution in [2.75, 3.05) is 19.0 Å². The highest BCUT2D eigenvalue weighted by atomic mass is 19.1. The van der Waals surface area contributed by atoms with E-state index in [1.54, 1.807) is 23.6 Å². The molecule has 0 saturated carbocycles. The van der Waals surface area contributed by atoms with Crippen LogP contribution in [0.15, 0.2) is 53.3 Å². The van der Waals surface area contributed by atoms with Crippen LogP contribution in [-0.2, 0) is 28.3 Å². The van der Waals surface area contributed by atoms with Crippen LogP contribution in [0.2, 0.25) is 0 Å². The Morgan fingerprint density at radius 3 is 2.57 bits per heavy atom. The molecule has 2 aliphatic heterocycles. The van der Waals surface area contributed by atoms with Gasteiger partial charge in [-0.2, -0.15) is 0 Å². The molecule has 2 aliphatic rings. The molecule has 2 aromatic heterocycles. The van der Waals surface area contributed by atoms with Crippen molar-refractivity contribution in [2.24, 2.45) is 0 Å². The van der Waals surface area contributed by atoms with Gasteiger partial charge in [0.2, 0.25) is 0 Å². The number of fused-ring (bicyclic) bond motifs is 5. The van der Waals surface area contributed by atoms with Crippen LogP contribution in [0.4, 0.5) is 10.1 Å². The average Bonchev–Trinajstić information content (AvgIpc) is 3.18. The predicted molar refractivity (Wildman–Crippen MR) is 139 cm³/mol. The van der Waals surface area contributed by atoms with Gasteiger partial charge in [0.25, 0.3) is 5.56 Å². The van der Waals surface area contributed by atoms with Crippen molar-refractivity contribution < 1.29 is 19.0 Å². The minimum absolute atomic E-state index is 0.189. The number of benzene rings is 2. The molecule has 188 valence electrons. The van der Waals surface area contributed by atoms with Gasteiger partial charge < -0.3 is 19.3 Å². The highest BCUT2D eigenvalue weighted by molar-refractivity contribution is 6.00. The van der Waals surface area contributed by atoms with Crippen LogP contribution >= 0.6 is 0 Å². The lowest BCUT2D eigenvalue weighted by atomic mass is 9.85. The Labute approximate surface area is 212 Å². The number of cyclic esters (lactones) is 1. The number of anilines is 1. The first-order valence-electron chi connectivity index (χ1n) is 12.3. The zero-order valence-corrected chi connectivity index (χ0v) is 20.8. The van der Waals surface area contributed by atoms with Crippen molar-refractivity contribution in [3.63, 3.8) is 0 Å². The molecule has 0 fully saturated rings. The predicted octanol–water partition coefficient (Wildman–Crippen LogP) is 4.34.